The fourth-order valence-electron chi connectivity index (χ4n) is 10.5. The molecular weight excluding hydrogens is 1020 g/mol. The number of hydrogen-bond donors (Lipinski definition) is 0. The van der Waals surface area contributed by atoms with Crippen molar-refractivity contribution in [2.24, 2.45) is 0 Å². The van der Waals surface area contributed by atoms with Crippen molar-refractivity contribution in [1.29, 1.82) is 0 Å². The predicted molar refractivity (Wildman–Crippen MR) is 362 cm³/mol. The quantitative estimate of drug-likeness (QED) is 0.0261. The molecule has 0 aromatic rings. The van der Waals surface area contributed by atoms with Gasteiger partial charge in [0.2, 0.25) is 0 Å². The first-order chi connectivity index (χ1) is 41.0. The van der Waals surface area contributed by atoms with Gasteiger partial charge in [0.1, 0.15) is 13.2 Å². The van der Waals surface area contributed by atoms with Gasteiger partial charge in [-0.25, -0.2) is 0 Å². The largest absolute Gasteiger partial charge is 0.462 e. The monoisotopic (exact) mass is 1160 g/mol. The van der Waals surface area contributed by atoms with Gasteiger partial charge in [-0.3, -0.25) is 14.4 Å². The Balaban J connectivity index is 4.26. The molecule has 83 heavy (non-hydrogen) atoms. The molecule has 0 bridgehead atoms. The van der Waals surface area contributed by atoms with Gasteiger partial charge in [0, 0.05) is 19.3 Å². The Morgan fingerprint density at radius 3 is 0.735 bits per heavy atom. The van der Waals surface area contributed by atoms with E-state index in [9.17, 15) is 14.4 Å². The summed E-state index contributed by atoms with van der Waals surface area (Å²) in [6.45, 7) is 6.56. The number of allylic oxidation sites excluding steroid dienone is 14. The van der Waals surface area contributed by atoms with Gasteiger partial charge >= 0.3 is 17.9 Å². The SMILES string of the molecule is CC/C=C\C/C=C\C/C=C\C/C=C\CCCCCCCCCCCCCCC(=O)OC(COC(=O)CCCCCCCCCCCCCCC)COC(=O)CCCCCCCCCCCCCC/C=C\C/C=C\C/C=C\CCCCCCC. The van der Waals surface area contributed by atoms with Crippen LogP contribution in [0.5, 0.6) is 0 Å². The number of hydrogen-bond acceptors (Lipinski definition) is 6. The lowest BCUT2D eigenvalue weighted by Gasteiger charge is -2.18. The van der Waals surface area contributed by atoms with Crippen LogP contribution in [-0.4, -0.2) is 37.2 Å². The molecule has 0 radical (unpaired) electrons. The maximum Gasteiger partial charge on any atom is 0.306 e. The molecule has 6 nitrogen and oxygen atoms in total. The van der Waals surface area contributed by atoms with E-state index in [1.54, 1.807) is 0 Å². The van der Waals surface area contributed by atoms with Crippen molar-refractivity contribution < 1.29 is 28.6 Å². The lowest BCUT2D eigenvalue weighted by Crippen LogP contribution is -2.30. The maximum atomic E-state index is 13.0. The predicted octanol–water partition coefficient (Wildman–Crippen LogP) is 25.0. The van der Waals surface area contributed by atoms with E-state index in [1.165, 1.54) is 231 Å². The summed E-state index contributed by atoms with van der Waals surface area (Å²) in [5.74, 6) is -0.856. The van der Waals surface area contributed by atoms with E-state index < -0.39 is 6.10 Å². The summed E-state index contributed by atoms with van der Waals surface area (Å²) < 4.78 is 17.0. The van der Waals surface area contributed by atoms with E-state index in [-0.39, 0.29) is 31.1 Å². The summed E-state index contributed by atoms with van der Waals surface area (Å²) in [4.78, 5) is 38.5. The first-order valence-electron chi connectivity index (χ1n) is 36.1. The zero-order chi connectivity index (χ0) is 59.9. The first-order valence-corrected chi connectivity index (χ1v) is 36.1. The highest BCUT2D eigenvalue weighted by atomic mass is 16.6. The van der Waals surface area contributed by atoms with Gasteiger partial charge < -0.3 is 14.2 Å². The summed E-state index contributed by atoms with van der Waals surface area (Å²) in [6.07, 6.45) is 94.7. The molecule has 0 aromatic carbocycles. The molecule has 0 saturated heterocycles. The van der Waals surface area contributed by atoms with Crippen LogP contribution in [-0.2, 0) is 28.6 Å². The standard InChI is InChI=1S/C77H136O6/c1-4-7-10-13-16-19-22-25-27-29-31-33-35-37-38-40-41-43-45-47-49-52-55-58-61-64-67-70-76(79)82-73-74(72-81-75(78)69-66-63-60-57-54-51-24-21-18-15-12-9-6-3)83-77(80)71-68-65-62-59-56-53-50-48-46-44-42-39-36-34-32-30-28-26-23-20-17-14-11-8-5-2/h8,11,17,20,22,25-26,28-29,31-32,34-35,37,74H,4-7,9-10,12-16,18-19,21,23-24,27,30,33,36,38-73H2,1-3H3/b11-8-,20-17-,25-22-,28-26-,31-29-,34-32-,37-35-. The van der Waals surface area contributed by atoms with Crippen LogP contribution in [0.3, 0.4) is 0 Å². The maximum absolute atomic E-state index is 13.0. The summed E-state index contributed by atoms with van der Waals surface area (Å²) in [6, 6.07) is 0. The Hall–Kier alpha value is -3.41. The van der Waals surface area contributed by atoms with Gasteiger partial charge in [0.05, 0.1) is 0 Å². The third-order valence-corrected chi connectivity index (χ3v) is 15.9. The minimum Gasteiger partial charge on any atom is -0.462 e. The number of rotatable bonds is 66. The lowest BCUT2D eigenvalue weighted by atomic mass is 10.0. The molecule has 0 aromatic heterocycles. The molecule has 1 unspecified atom stereocenters. The molecule has 0 N–H and O–H groups in total. The molecule has 0 saturated carbocycles. The molecule has 0 rings (SSSR count). The highest BCUT2D eigenvalue weighted by molar-refractivity contribution is 5.71. The van der Waals surface area contributed by atoms with Crippen LogP contribution >= 0.6 is 0 Å². The first kappa shape index (κ1) is 79.6. The number of unbranched alkanes of at least 4 members (excludes halogenated alkanes) is 41. The molecule has 1 atom stereocenters. The molecule has 6 heteroatoms. The summed E-state index contributed by atoms with van der Waals surface area (Å²) >= 11 is 0. The van der Waals surface area contributed by atoms with Crippen molar-refractivity contribution in [2.45, 2.75) is 374 Å². The molecule has 0 amide bonds. The average Bonchev–Trinajstić information content (AvgIpc) is 3.49. The second-order valence-electron chi connectivity index (χ2n) is 24.1. The summed E-state index contributed by atoms with van der Waals surface area (Å²) in [7, 11) is 0. The van der Waals surface area contributed by atoms with Gasteiger partial charge in [-0.05, 0) is 96.3 Å². The zero-order valence-electron chi connectivity index (χ0n) is 55.2. The van der Waals surface area contributed by atoms with Crippen LogP contribution in [0.4, 0.5) is 0 Å². The van der Waals surface area contributed by atoms with Crippen molar-refractivity contribution in [3.8, 4) is 0 Å². The third kappa shape index (κ3) is 69.3. The van der Waals surface area contributed by atoms with Crippen LogP contribution in [0, 0.1) is 0 Å². The van der Waals surface area contributed by atoms with E-state index in [0.717, 1.165) is 96.3 Å². The molecule has 0 aliphatic carbocycles. The Kier molecular flexibility index (Phi) is 68.2. The topological polar surface area (TPSA) is 78.9 Å². The van der Waals surface area contributed by atoms with Crippen LogP contribution in [0.15, 0.2) is 85.1 Å². The molecule has 0 fully saturated rings. The van der Waals surface area contributed by atoms with Gasteiger partial charge in [-0.1, -0.05) is 337 Å². The molecule has 0 heterocycles. The van der Waals surface area contributed by atoms with Crippen molar-refractivity contribution in [1.82, 2.24) is 0 Å². The van der Waals surface area contributed by atoms with E-state index in [0.29, 0.717) is 19.3 Å². The Morgan fingerprint density at radius 2 is 0.470 bits per heavy atom. The van der Waals surface area contributed by atoms with Gasteiger partial charge in [-0.15, -0.1) is 0 Å². The van der Waals surface area contributed by atoms with Gasteiger partial charge in [0.25, 0.3) is 0 Å². The van der Waals surface area contributed by atoms with Crippen molar-refractivity contribution >= 4 is 17.9 Å². The number of ether oxygens (including phenoxy) is 3. The van der Waals surface area contributed by atoms with Gasteiger partial charge in [0.15, 0.2) is 6.10 Å². The number of carbonyl (C=O) groups is 3. The van der Waals surface area contributed by atoms with Crippen molar-refractivity contribution in [3.63, 3.8) is 0 Å². The van der Waals surface area contributed by atoms with E-state index in [4.69, 9.17) is 14.2 Å². The third-order valence-electron chi connectivity index (χ3n) is 15.9. The van der Waals surface area contributed by atoms with E-state index >= 15 is 0 Å². The van der Waals surface area contributed by atoms with Crippen LogP contribution in [0.25, 0.3) is 0 Å². The normalized spacial score (nSPS) is 12.6. The highest BCUT2D eigenvalue weighted by Gasteiger charge is 2.19. The van der Waals surface area contributed by atoms with Crippen LogP contribution in [0.2, 0.25) is 0 Å². The zero-order valence-corrected chi connectivity index (χ0v) is 55.2. The summed E-state index contributed by atoms with van der Waals surface area (Å²) in [5, 5.41) is 0. The second-order valence-corrected chi connectivity index (χ2v) is 24.1. The second kappa shape index (κ2) is 71.1. The fourth-order valence-corrected chi connectivity index (χ4v) is 10.5. The molecule has 0 aliphatic rings. The number of carbonyl (C=O) groups excluding carboxylic acids is 3. The average molecular weight is 1160 g/mol. The van der Waals surface area contributed by atoms with Crippen LogP contribution < -0.4 is 0 Å². The Morgan fingerprint density at radius 1 is 0.253 bits per heavy atom. The van der Waals surface area contributed by atoms with E-state index in [2.05, 4.69) is 106 Å². The highest BCUT2D eigenvalue weighted by Crippen LogP contribution is 2.18. The molecule has 480 valence electrons. The molecule has 0 aliphatic heterocycles. The molecule has 0 spiro atoms. The van der Waals surface area contributed by atoms with Gasteiger partial charge in [-0.2, -0.15) is 0 Å². The molecular formula is C77H136O6. The van der Waals surface area contributed by atoms with Crippen molar-refractivity contribution in [2.75, 3.05) is 13.2 Å². The Labute approximate surface area is 515 Å². The van der Waals surface area contributed by atoms with E-state index in [1.807, 2.05) is 0 Å². The van der Waals surface area contributed by atoms with Crippen LogP contribution in [0.1, 0.15) is 367 Å². The van der Waals surface area contributed by atoms with Crippen molar-refractivity contribution in [3.05, 3.63) is 85.1 Å². The minimum absolute atomic E-state index is 0.0732. The fraction of sp³-hybridized carbons (Fsp3) is 0.779. The smallest absolute Gasteiger partial charge is 0.306 e. The lowest BCUT2D eigenvalue weighted by molar-refractivity contribution is -0.167. The number of esters is 3. The summed E-state index contributed by atoms with van der Waals surface area (Å²) in [5.41, 5.74) is 0. The minimum atomic E-state index is -0.778. The Bertz CT molecular complexity index is 1570.